The molecule has 3 rings (SSSR count). The number of amides is 1. The van der Waals surface area contributed by atoms with Crippen LogP contribution in [0.5, 0.6) is 5.75 Å². The Balaban J connectivity index is 1.46. The second-order valence-corrected chi connectivity index (χ2v) is 6.25. The molecule has 120 valence electrons. The Bertz CT molecular complexity index is 549. The molecule has 0 spiro atoms. The maximum absolute atomic E-state index is 13.1. The van der Waals surface area contributed by atoms with Gasteiger partial charge in [-0.3, -0.25) is 9.78 Å². The highest BCUT2D eigenvalue weighted by Crippen LogP contribution is 2.37. The summed E-state index contributed by atoms with van der Waals surface area (Å²) in [5.74, 6) is -2.08. The fraction of sp³-hybridized carbons (Fsp3) is 0.625. The summed E-state index contributed by atoms with van der Waals surface area (Å²) in [6, 6.07) is 3.65. The van der Waals surface area contributed by atoms with Crippen LogP contribution in [0.3, 0.4) is 0 Å². The van der Waals surface area contributed by atoms with Crippen molar-refractivity contribution in [1.82, 2.24) is 9.88 Å². The van der Waals surface area contributed by atoms with Crippen LogP contribution < -0.4 is 4.74 Å². The Morgan fingerprint density at radius 3 is 2.68 bits per heavy atom. The van der Waals surface area contributed by atoms with Crippen molar-refractivity contribution < 1.29 is 18.3 Å². The molecule has 0 N–H and O–H groups in total. The molecule has 0 bridgehead atoms. The lowest BCUT2D eigenvalue weighted by atomic mass is 9.85. The molecular weight excluding hydrogens is 290 g/mol. The molecule has 22 heavy (non-hydrogen) atoms. The second kappa shape index (κ2) is 5.82. The van der Waals surface area contributed by atoms with Crippen molar-refractivity contribution in [1.29, 1.82) is 0 Å². The molecule has 1 aliphatic carbocycles. The van der Waals surface area contributed by atoms with Gasteiger partial charge in [-0.05, 0) is 25.8 Å². The SMILES string of the molecule is Cc1cc(OC2CN(C(=O)C3CCC(F)(F)CC3)C2)ccn1. The number of halogens is 2. The van der Waals surface area contributed by atoms with Gasteiger partial charge in [-0.25, -0.2) is 8.78 Å². The van der Waals surface area contributed by atoms with Crippen LogP contribution in [-0.2, 0) is 4.79 Å². The number of likely N-dealkylation sites (tertiary alicyclic amines) is 1. The topological polar surface area (TPSA) is 42.4 Å². The normalized spacial score (nSPS) is 22.2. The molecular formula is C16H20F2N2O2. The van der Waals surface area contributed by atoms with Crippen molar-refractivity contribution in [2.75, 3.05) is 13.1 Å². The number of pyridine rings is 1. The molecule has 2 fully saturated rings. The van der Waals surface area contributed by atoms with Gasteiger partial charge in [-0.1, -0.05) is 0 Å². The molecule has 1 amide bonds. The van der Waals surface area contributed by atoms with Gasteiger partial charge in [0.05, 0.1) is 13.1 Å². The zero-order valence-electron chi connectivity index (χ0n) is 12.6. The Labute approximate surface area is 128 Å². The van der Waals surface area contributed by atoms with E-state index < -0.39 is 5.92 Å². The van der Waals surface area contributed by atoms with Crippen LogP contribution in [0.4, 0.5) is 8.78 Å². The van der Waals surface area contributed by atoms with Crippen LogP contribution >= 0.6 is 0 Å². The van der Waals surface area contributed by atoms with E-state index in [1.807, 2.05) is 13.0 Å². The first kappa shape index (κ1) is 15.2. The van der Waals surface area contributed by atoms with Crippen LogP contribution in [-0.4, -0.2) is 40.9 Å². The van der Waals surface area contributed by atoms with E-state index in [0.29, 0.717) is 13.1 Å². The monoisotopic (exact) mass is 310 g/mol. The summed E-state index contributed by atoms with van der Waals surface area (Å²) in [5.41, 5.74) is 0.882. The first-order valence-corrected chi connectivity index (χ1v) is 7.69. The standard InChI is InChI=1S/C16H20F2N2O2/c1-11-8-13(4-7-19-11)22-14-9-20(10-14)15(21)12-2-5-16(17,18)6-3-12/h4,7-8,12,14H,2-3,5-6,9-10H2,1H3. The van der Waals surface area contributed by atoms with Gasteiger partial charge in [0.25, 0.3) is 0 Å². The number of hydrogen-bond donors (Lipinski definition) is 0. The molecule has 1 saturated heterocycles. The van der Waals surface area contributed by atoms with E-state index in [4.69, 9.17) is 4.74 Å². The van der Waals surface area contributed by atoms with E-state index in [0.717, 1.165) is 11.4 Å². The molecule has 1 aromatic rings. The number of carbonyl (C=O) groups is 1. The number of rotatable bonds is 3. The van der Waals surface area contributed by atoms with Crippen LogP contribution in [0.2, 0.25) is 0 Å². The summed E-state index contributed by atoms with van der Waals surface area (Å²) >= 11 is 0. The summed E-state index contributed by atoms with van der Waals surface area (Å²) in [4.78, 5) is 18.1. The highest BCUT2D eigenvalue weighted by Gasteiger charge is 2.41. The molecule has 1 aliphatic heterocycles. The Kier molecular flexibility index (Phi) is 4.02. The number of aryl methyl sites for hydroxylation is 1. The lowest BCUT2D eigenvalue weighted by Gasteiger charge is -2.41. The summed E-state index contributed by atoms with van der Waals surface area (Å²) in [6.45, 7) is 2.96. The zero-order chi connectivity index (χ0) is 15.7. The van der Waals surface area contributed by atoms with Gasteiger partial charge in [-0.15, -0.1) is 0 Å². The minimum atomic E-state index is -2.59. The zero-order valence-corrected chi connectivity index (χ0v) is 12.6. The van der Waals surface area contributed by atoms with Gasteiger partial charge in [0, 0.05) is 36.7 Å². The van der Waals surface area contributed by atoms with E-state index in [1.165, 1.54) is 0 Å². The van der Waals surface area contributed by atoms with Crippen molar-refractivity contribution in [2.45, 2.75) is 44.6 Å². The first-order valence-electron chi connectivity index (χ1n) is 7.69. The smallest absolute Gasteiger partial charge is 0.248 e. The number of nitrogens with zero attached hydrogens (tertiary/aromatic N) is 2. The highest BCUT2D eigenvalue weighted by atomic mass is 19.3. The summed E-state index contributed by atoms with van der Waals surface area (Å²) < 4.78 is 32.0. The van der Waals surface area contributed by atoms with Gasteiger partial charge in [0.1, 0.15) is 11.9 Å². The molecule has 4 nitrogen and oxygen atoms in total. The molecule has 2 aliphatic rings. The molecule has 0 aromatic carbocycles. The summed E-state index contributed by atoms with van der Waals surface area (Å²) in [6.07, 6.45) is 1.90. The molecule has 0 atom stereocenters. The molecule has 1 saturated carbocycles. The van der Waals surface area contributed by atoms with Gasteiger partial charge >= 0.3 is 0 Å². The Hall–Kier alpha value is -1.72. The molecule has 2 heterocycles. The van der Waals surface area contributed by atoms with E-state index in [9.17, 15) is 13.6 Å². The van der Waals surface area contributed by atoms with Gasteiger partial charge < -0.3 is 9.64 Å². The number of carbonyl (C=O) groups excluding carboxylic acids is 1. The average molecular weight is 310 g/mol. The molecule has 1 aromatic heterocycles. The average Bonchev–Trinajstić information content (AvgIpc) is 2.42. The van der Waals surface area contributed by atoms with Crippen molar-refractivity contribution in [3.05, 3.63) is 24.0 Å². The minimum Gasteiger partial charge on any atom is -0.487 e. The van der Waals surface area contributed by atoms with Crippen LogP contribution in [0.1, 0.15) is 31.4 Å². The number of ether oxygens (including phenoxy) is 1. The first-order chi connectivity index (χ1) is 10.4. The van der Waals surface area contributed by atoms with Crippen LogP contribution in [0.25, 0.3) is 0 Å². The Morgan fingerprint density at radius 1 is 1.36 bits per heavy atom. The van der Waals surface area contributed by atoms with Crippen LogP contribution in [0.15, 0.2) is 18.3 Å². The third kappa shape index (κ3) is 3.36. The Morgan fingerprint density at radius 2 is 2.05 bits per heavy atom. The second-order valence-electron chi connectivity index (χ2n) is 6.25. The van der Waals surface area contributed by atoms with Crippen molar-refractivity contribution in [2.24, 2.45) is 5.92 Å². The van der Waals surface area contributed by atoms with Gasteiger partial charge in [0.15, 0.2) is 0 Å². The quantitative estimate of drug-likeness (QED) is 0.862. The van der Waals surface area contributed by atoms with E-state index in [-0.39, 0.29) is 43.6 Å². The highest BCUT2D eigenvalue weighted by molar-refractivity contribution is 5.79. The maximum atomic E-state index is 13.1. The maximum Gasteiger partial charge on any atom is 0.248 e. The summed E-state index contributed by atoms with van der Waals surface area (Å²) in [7, 11) is 0. The van der Waals surface area contributed by atoms with E-state index in [2.05, 4.69) is 4.98 Å². The molecule has 6 heteroatoms. The number of hydrogen-bond acceptors (Lipinski definition) is 3. The molecule has 0 radical (unpaired) electrons. The van der Waals surface area contributed by atoms with Crippen LogP contribution in [0, 0.1) is 12.8 Å². The molecule has 0 unspecified atom stereocenters. The fourth-order valence-electron chi connectivity index (χ4n) is 3.02. The third-order valence-corrected chi connectivity index (χ3v) is 4.40. The van der Waals surface area contributed by atoms with Gasteiger partial charge in [-0.2, -0.15) is 0 Å². The van der Waals surface area contributed by atoms with E-state index >= 15 is 0 Å². The number of alkyl halides is 2. The fourth-order valence-corrected chi connectivity index (χ4v) is 3.02. The lowest BCUT2D eigenvalue weighted by molar-refractivity contribution is -0.148. The predicted molar refractivity (Wildman–Crippen MR) is 76.9 cm³/mol. The lowest BCUT2D eigenvalue weighted by Crippen LogP contribution is -2.58. The van der Waals surface area contributed by atoms with Gasteiger partial charge in [0.2, 0.25) is 11.8 Å². The summed E-state index contributed by atoms with van der Waals surface area (Å²) in [5, 5.41) is 0. The third-order valence-electron chi connectivity index (χ3n) is 4.40. The largest absolute Gasteiger partial charge is 0.487 e. The minimum absolute atomic E-state index is 0.00117. The van der Waals surface area contributed by atoms with E-state index in [1.54, 1.807) is 17.2 Å². The van der Waals surface area contributed by atoms with Crippen molar-refractivity contribution >= 4 is 5.91 Å². The van der Waals surface area contributed by atoms with Crippen molar-refractivity contribution in [3.63, 3.8) is 0 Å². The number of aromatic nitrogens is 1. The van der Waals surface area contributed by atoms with Crippen molar-refractivity contribution in [3.8, 4) is 5.75 Å². The predicted octanol–water partition coefficient (Wildman–Crippen LogP) is 2.81.